The first-order valence-corrected chi connectivity index (χ1v) is 6.78. The number of benzene rings is 1. The first-order valence-electron chi connectivity index (χ1n) is 5.99. The van der Waals surface area contributed by atoms with Gasteiger partial charge in [0.25, 0.3) is 0 Å². The first kappa shape index (κ1) is 15.0. The fraction of sp³-hybridized carbons (Fsp3) is 0.0714. The highest BCUT2D eigenvalue weighted by Gasteiger charge is 2.09. The standard InChI is InChI=1S/C14H12BrN3O3/c1-8-3-2-4-11(12(8)15)18-14(21)17-10-5-9(13(19)20)6-16-7-10/h2-7H,1H3,(H,19,20)(H2,17,18,21). The van der Waals surface area contributed by atoms with Crippen molar-refractivity contribution in [2.45, 2.75) is 6.92 Å². The Hall–Kier alpha value is -2.41. The van der Waals surface area contributed by atoms with Crippen LogP contribution in [0.25, 0.3) is 0 Å². The summed E-state index contributed by atoms with van der Waals surface area (Å²) in [5.41, 5.74) is 1.91. The number of nitrogens with zero attached hydrogens (tertiary/aromatic N) is 1. The van der Waals surface area contributed by atoms with Gasteiger partial charge in [-0.1, -0.05) is 12.1 Å². The predicted octanol–water partition coefficient (Wildman–Crippen LogP) is 3.49. The van der Waals surface area contributed by atoms with Crippen molar-refractivity contribution in [1.29, 1.82) is 0 Å². The third kappa shape index (κ3) is 3.79. The topological polar surface area (TPSA) is 91.3 Å². The molecule has 21 heavy (non-hydrogen) atoms. The highest BCUT2D eigenvalue weighted by molar-refractivity contribution is 9.10. The van der Waals surface area contributed by atoms with Gasteiger partial charge in [0, 0.05) is 10.7 Å². The van der Waals surface area contributed by atoms with Crippen molar-refractivity contribution in [3.8, 4) is 0 Å². The summed E-state index contributed by atoms with van der Waals surface area (Å²) in [5, 5.41) is 14.1. The van der Waals surface area contributed by atoms with Crippen LogP contribution in [0.1, 0.15) is 15.9 Å². The van der Waals surface area contributed by atoms with E-state index in [-0.39, 0.29) is 5.56 Å². The van der Waals surface area contributed by atoms with Gasteiger partial charge in [0.1, 0.15) is 0 Å². The van der Waals surface area contributed by atoms with E-state index < -0.39 is 12.0 Å². The van der Waals surface area contributed by atoms with Gasteiger partial charge in [-0.2, -0.15) is 0 Å². The molecular formula is C14H12BrN3O3. The zero-order chi connectivity index (χ0) is 15.4. The molecule has 0 unspecified atom stereocenters. The van der Waals surface area contributed by atoms with Crippen LogP contribution in [-0.4, -0.2) is 22.1 Å². The van der Waals surface area contributed by atoms with Gasteiger partial charge in [0.05, 0.1) is 23.1 Å². The molecule has 108 valence electrons. The van der Waals surface area contributed by atoms with E-state index in [1.807, 2.05) is 19.1 Å². The van der Waals surface area contributed by atoms with E-state index in [1.54, 1.807) is 6.07 Å². The van der Waals surface area contributed by atoms with E-state index in [9.17, 15) is 9.59 Å². The van der Waals surface area contributed by atoms with Crippen LogP contribution in [0, 0.1) is 6.92 Å². The van der Waals surface area contributed by atoms with E-state index in [4.69, 9.17) is 5.11 Å². The maximum atomic E-state index is 11.9. The lowest BCUT2D eigenvalue weighted by atomic mass is 10.2. The number of nitrogens with one attached hydrogen (secondary N) is 2. The minimum Gasteiger partial charge on any atom is -0.478 e. The number of rotatable bonds is 3. The van der Waals surface area contributed by atoms with Crippen molar-refractivity contribution in [2.24, 2.45) is 0 Å². The number of carbonyl (C=O) groups is 2. The Kier molecular flexibility index (Phi) is 4.54. The number of hydrogen-bond acceptors (Lipinski definition) is 3. The second kappa shape index (κ2) is 6.36. The fourth-order valence-electron chi connectivity index (χ4n) is 1.65. The fourth-order valence-corrected chi connectivity index (χ4v) is 2.02. The van der Waals surface area contributed by atoms with E-state index >= 15 is 0 Å². The monoisotopic (exact) mass is 349 g/mol. The Labute approximate surface area is 129 Å². The third-order valence-corrected chi connectivity index (χ3v) is 3.74. The van der Waals surface area contributed by atoms with Crippen LogP contribution in [0.5, 0.6) is 0 Å². The summed E-state index contributed by atoms with van der Waals surface area (Å²) < 4.78 is 0.789. The van der Waals surface area contributed by atoms with Crippen molar-refractivity contribution >= 4 is 39.3 Å². The maximum Gasteiger partial charge on any atom is 0.337 e. The third-order valence-electron chi connectivity index (χ3n) is 2.68. The number of aromatic nitrogens is 1. The minimum absolute atomic E-state index is 0.00420. The van der Waals surface area contributed by atoms with E-state index in [0.29, 0.717) is 11.4 Å². The molecule has 6 nitrogen and oxygen atoms in total. The summed E-state index contributed by atoms with van der Waals surface area (Å²) in [6.45, 7) is 1.91. The van der Waals surface area contributed by atoms with Gasteiger partial charge in [-0.15, -0.1) is 0 Å². The molecule has 0 aliphatic carbocycles. The van der Waals surface area contributed by atoms with Gasteiger partial charge in [-0.25, -0.2) is 9.59 Å². The van der Waals surface area contributed by atoms with Crippen LogP contribution in [0.3, 0.4) is 0 Å². The largest absolute Gasteiger partial charge is 0.478 e. The number of pyridine rings is 1. The Balaban J connectivity index is 2.10. The highest BCUT2D eigenvalue weighted by atomic mass is 79.9. The maximum absolute atomic E-state index is 11.9. The van der Waals surface area contributed by atoms with Crippen molar-refractivity contribution in [3.05, 3.63) is 52.3 Å². The van der Waals surface area contributed by atoms with Crippen LogP contribution < -0.4 is 10.6 Å². The Morgan fingerprint density at radius 2 is 2.00 bits per heavy atom. The molecule has 0 fully saturated rings. The van der Waals surface area contributed by atoms with Crippen molar-refractivity contribution in [2.75, 3.05) is 10.6 Å². The van der Waals surface area contributed by atoms with Gasteiger partial charge >= 0.3 is 12.0 Å². The van der Waals surface area contributed by atoms with Crippen LogP contribution in [0.2, 0.25) is 0 Å². The van der Waals surface area contributed by atoms with E-state index in [1.165, 1.54) is 18.5 Å². The minimum atomic E-state index is -1.10. The molecule has 2 aromatic rings. The molecule has 0 saturated heterocycles. The van der Waals surface area contributed by atoms with Crippen molar-refractivity contribution < 1.29 is 14.7 Å². The van der Waals surface area contributed by atoms with Crippen LogP contribution in [0.4, 0.5) is 16.2 Å². The summed E-state index contributed by atoms with van der Waals surface area (Å²) in [6, 6.07) is 6.34. The number of aromatic carboxylic acids is 1. The highest BCUT2D eigenvalue weighted by Crippen LogP contribution is 2.25. The predicted molar refractivity (Wildman–Crippen MR) is 82.7 cm³/mol. The van der Waals surface area contributed by atoms with Gasteiger partial charge in [0.2, 0.25) is 0 Å². The molecule has 0 spiro atoms. The number of hydrogen-bond donors (Lipinski definition) is 3. The van der Waals surface area contributed by atoms with Gasteiger partial charge < -0.3 is 15.7 Å². The summed E-state index contributed by atoms with van der Waals surface area (Å²) in [7, 11) is 0. The number of amides is 2. The Morgan fingerprint density at radius 1 is 1.24 bits per heavy atom. The number of carbonyl (C=O) groups excluding carboxylic acids is 1. The van der Waals surface area contributed by atoms with Crippen LogP contribution in [-0.2, 0) is 0 Å². The smallest absolute Gasteiger partial charge is 0.337 e. The molecule has 2 rings (SSSR count). The molecule has 0 aliphatic heterocycles. The van der Waals surface area contributed by atoms with Crippen molar-refractivity contribution in [3.63, 3.8) is 0 Å². The van der Waals surface area contributed by atoms with Gasteiger partial charge in [-0.3, -0.25) is 4.98 Å². The second-order valence-corrected chi connectivity index (χ2v) is 5.08. The second-order valence-electron chi connectivity index (χ2n) is 4.28. The van der Waals surface area contributed by atoms with Crippen LogP contribution >= 0.6 is 15.9 Å². The van der Waals surface area contributed by atoms with E-state index in [0.717, 1.165) is 10.0 Å². The van der Waals surface area contributed by atoms with Gasteiger partial charge in [0.15, 0.2) is 0 Å². The van der Waals surface area contributed by atoms with Crippen LogP contribution in [0.15, 0.2) is 41.1 Å². The molecule has 0 radical (unpaired) electrons. The average Bonchev–Trinajstić information content (AvgIpc) is 2.44. The molecule has 0 saturated carbocycles. The number of carboxylic acid groups (broad SMARTS) is 1. The molecule has 3 N–H and O–H groups in total. The summed E-state index contributed by atoms with van der Waals surface area (Å²) in [5.74, 6) is -1.10. The Bertz CT molecular complexity index is 704. The Morgan fingerprint density at radius 3 is 2.71 bits per heavy atom. The molecule has 1 heterocycles. The normalized spacial score (nSPS) is 10.0. The number of aryl methyl sites for hydroxylation is 1. The molecule has 0 atom stereocenters. The molecular weight excluding hydrogens is 338 g/mol. The lowest BCUT2D eigenvalue weighted by molar-refractivity contribution is 0.0696. The van der Waals surface area contributed by atoms with Crippen molar-refractivity contribution in [1.82, 2.24) is 4.98 Å². The molecule has 7 heteroatoms. The summed E-state index contributed by atoms with van der Waals surface area (Å²) >= 11 is 3.39. The SMILES string of the molecule is Cc1cccc(NC(=O)Nc2cncc(C(=O)O)c2)c1Br. The quantitative estimate of drug-likeness (QED) is 0.790. The average molecular weight is 350 g/mol. The molecule has 1 aromatic carbocycles. The molecule has 2 amide bonds. The van der Waals surface area contributed by atoms with Gasteiger partial charge in [-0.05, 0) is 40.5 Å². The first-order chi connectivity index (χ1) is 9.97. The lowest BCUT2D eigenvalue weighted by Crippen LogP contribution is -2.20. The summed E-state index contributed by atoms with van der Waals surface area (Å²) in [6.07, 6.45) is 2.58. The number of anilines is 2. The number of urea groups is 1. The zero-order valence-corrected chi connectivity index (χ0v) is 12.6. The summed E-state index contributed by atoms with van der Waals surface area (Å²) in [4.78, 5) is 26.5. The lowest BCUT2D eigenvalue weighted by Gasteiger charge is -2.10. The number of halogens is 1. The molecule has 0 bridgehead atoms. The zero-order valence-electron chi connectivity index (χ0n) is 11.1. The van der Waals surface area contributed by atoms with E-state index in [2.05, 4.69) is 31.5 Å². The molecule has 0 aliphatic rings. The molecule has 1 aromatic heterocycles. The number of carboxylic acids is 1.